The Morgan fingerprint density at radius 3 is 2.68 bits per heavy atom. The van der Waals surface area contributed by atoms with Crippen LogP contribution in [0.3, 0.4) is 0 Å². The van der Waals surface area contributed by atoms with E-state index in [4.69, 9.17) is 9.73 Å². The van der Waals surface area contributed by atoms with E-state index in [0.717, 1.165) is 57.1 Å². The van der Waals surface area contributed by atoms with Crippen LogP contribution in [-0.4, -0.2) is 65.1 Å². The van der Waals surface area contributed by atoms with Crippen molar-refractivity contribution >= 4 is 36.0 Å². The summed E-state index contributed by atoms with van der Waals surface area (Å²) in [6, 6.07) is 2.10. The van der Waals surface area contributed by atoms with E-state index in [0.29, 0.717) is 19.0 Å². The van der Waals surface area contributed by atoms with Crippen LogP contribution in [0.4, 0.5) is 4.79 Å². The minimum atomic E-state index is -0.461. The molecule has 1 amide bonds. The van der Waals surface area contributed by atoms with Crippen molar-refractivity contribution in [2.45, 2.75) is 73.0 Å². The third kappa shape index (κ3) is 10.1. The molecule has 2 N–H and O–H groups in total. The molecule has 1 atom stereocenters. The fourth-order valence-corrected chi connectivity index (χ4v) is 3.61. The summed E-state index contributed by atoms with van der Waals surface area (Å²) < 4.78 is 7.57. The second-order valence-electron chi connectivity index (χ2n) is 9.08. The lowest BCUT2D eigenvalue weighted by Crippen LogP contribution is -2.44. The lowest BCUT2D eigenvalue weighted by Gasteiger charge is -2.33. The second kappa shape index (κ2) is 13.1. The molecule has 0 aliphatic carbocycles. The van der Waals surface area contributed by atoms with Crippen molar-refractivity contribution in [3.05, 3.63) is 17.5 Å². The minimum absolute atomic E-state index is 0. The number of aliphatic imine (C=N–C) groups is 1. The molecular weight excluding hydrogens is 507 g/mol. The first-order valence-corrected chi connectivity index (χ1v) is 11.2. The maximum atomic E-state index is 12.4. The molecule has 0 radical (unpaired) electrons. The van der Waals surface area contributed by atoms with Gasteiger partial charge in [-0.2, -0.15) is 5.10 Å². The van der Waals surface area contributed by atoms with Crippen LogP contribution in [0.5, 0.6) is 0 Å². The summed E-state index contributed by atoms with van der Waals surface area (Å²) in [5, 5.41) is 11.2. The first-order chi connectivity index (χ1) is 14.2. The monoisotopic (exact) mass is 548 g/mol. The van der Waals surface area contributed by atoms with E-state index in [1.807, 2.05) is 37.3 Å². The van der Waals surface area contributed by atoms with Crippen molar-refractivity contribution in [1.82, 2.24) is 25.3 Å². The molecule has 31 heavy (non-hydrogen) atoms. The average Bonchev–Trinajstić information content (AvgIpc) is 2.99. The van der Waals surface area contributed by atoms with Crippen molar-refractivity contribution in [2.24, 2.45) is 10.9 Å². The number of likely N-dealkylation sites (tertiary alicyclic amines) is 1. The highest BCUT2D eigenvalue weighted by molar-refractivity contribution is 14.0. The molecule has 0 aromatic carbocycles. The number of hydrogen-bond donors (Lipinski definition) is 2. The Balaban J connectivity index is 0.00000480. The number of nitrogens with zero attached hydrogens (tertiary/aromatic N) is 4. The first kappa shape index (κ1) is 27.5. The molecule has 1 unspecified atom stereocenters. The molecular formula is C22H41IN6O2. The lowest BCUT2D eigenvalue weighted by atomic mass is 9.98. The van der Waals surface area contributed by atoms with Gasteiger partial charge >= 0.3 is 6.09 Å². The van der Waals surface area contributed by atoms with E-state index in [1.54, 1.807) is 0 Å². The van der Waals surface area contributed by atoms with Gasteiger partial charge in [0.25, 0.3) is 0 Å². The van der Waals surface area contributed by atoms with Crippen molar-refractivity contribution in [3.8, 4) is 0 Å². The van der Waals surface area contributed by atoms with Gasteiger partial charge in [0.05, 0.1) is 5.69 Å². The van der Waals surface area contributed by atoms with E-state index in [-0.39, 0.29) is 30.1 Å². The quantitative estimate of drug-likeness (QED) is 0.235. The van der Waals surface area contributed by atoms with Crippen LogP contribution < -0.4 is 10.6 Å². The Morgan fingerprint density at radius 1 is 1.32 bits per heavy atom. The molecule has 1 fully saturated rings. The summed E-state index contributed by atoms with van der Waals surface area (Å²) >= 11 is 0. The molecule has 0 spiro atoms. The number of hydrogen-bond acceptors (Lipinski definition) is 4. The van der Waals surface area contributed by atoms with E-state index in [9.17, 15) is 4.79 Å². The topological polar surface area (TPSA) is 83.8 Å². The predicted octanol–water partition coefficient (Wildman–Crippen LogP) is 3.71. The molecule has 0 saturated carbocycles. The standard InChI is InChI=1S/C22H40N6O2.HI/c1-7-23-20(24-11-9-13-28-18(3)14-17(2)26-28)25-15-19-10-8-12-27(16-19)21(29)30-22(4,5)6;/h14,19H,7-13,15-16H2,1-6H3,(H2,23,24,25);1H. The van der Waals surface area contributed by atoms with Gasteiger partial charge in [0.1, 0.15) is 5.60 Å². The van der Waals surface area contributed by atoms with Crippen LogP contribution in [-0.2, 0) is 11.3 Å². The third-order valence-corrected chi connectivity index (χ3v) is 4.97. The molecule has 1 aromatic heterocycles. The lowest BCUT2D eigenvalue weighted by molar-refractivity contribution is 0.0170. The number of nitrogens with one attached hydrogen (secondary N) is 2. The molecule has 1 saturated heterocycles. The number of aryl methyl sites for hydroxylation is 3. The van der Waals surface area contributed by atoms with Gasteiger partial charge < -0.3 is 20.3 Å². The largest absolute Gasteiger partial charge is 0.444 e. The van der Waals surface area contributed by atoms with Gasteiger partial charge in [-0.15, -0.1) is 24.0 Å². The van der Waals surface area contributed by atoms with Gasteiger partial charge in [0.15, 0.2) is 5.96 Å². The molecule has 9 heteroatoms. The van der Waals surface area contributed by atoms with Crippen molar-refractivity contribution in [3.63, 3.8) is 0 Å². The Labute approximate surface area is 204 Å². The second-order valence-corrected chi connectivity index (χ2v) is 9.08. The fraction of sp³-hybridized carbons (Fsp3) is 0.773. The van der Waals surface area contributed by atoms with E-state index in [2.05, 4.69) is 35.6 Å². The zero-order valence-corrected chi connectivity index (χ0v) is 22.4. The maximum absolute atomic E-state index is 12.4. The molecule has 0 bridgehead atoms. The van der Waals surface area contributed by atoms with E-state index < -0.39 is 5.60 Å². The van der Waals surface area contributed by atoms with Crippen LogP contribution in [0.1, 0.15) is 58.3 Å². The van der Waals surface area contributed by atoms with Crippen LogP contribution in [0.2, 0.25) is 0 Å². The SMILES string of the molecule is CCNC(=NCC1CCCN(C(=O)OC(C)(C)C)C1)NCCCn1nc(C)cc1C.I. The van der Waals surface area contributed by atoms with Crippen LogP contribution in [0.15, 0.2) is 11.1 Å². The molecule has 2 rings (SSSR count). The normalized spacial score (nSPS) is 17.2. The average molecular weight is 549 g/mol. The van der Waals surface area contributed by atoms with Crippen LogP contribution in [0, 0.1) is 19.8 Å². The van der Waals surface area contributed by atoms with Crippen molar-refractivity contribution < 1.29 is 9.53 Å². The Hall–Kier alpha value is -1.52. The highest BCUT2D eigenvalue weighted by atomic mass is 127. The van der Waals surface area contributed by atoms with Gasteiger partial charge in [0.2, 0.25) is 0 Å². The number of carbonyl (C=O) groups is 1. The Bertz CT molecular complexity index is 713. The summed E-state index contributed by atoms with van der Waals surface area (Å²) in [6.07, 6.45) is 2.83. The van der Waals surface area contributed by atoms with Crippen LogP contribution in [0.25, 0.3) is 0 Å². The molecule has 1 aliphatic heterocycles. The molecule has 1 aliphatic rings. The van der Waals surface area contributed by atoms with Gasteiger partial charge in [-0.1, -0.05) is 0 Å². The molecule has 2 heterocycles. The molecule has 1 aromatic rings. The number of piperidine rings is 1. The summed E-state index contributed by atoms with van der Waals surface area (Å²) in [5.41, 5.74) is 1.79. The summed E-state index contributed by atoms with van der Waals surface area (Å²) in [5.74, 6) is 1.19. The highest BCUT2D eigenvalue weighted by Crippen LogP contribution is 2.19. The smallest absolute Gasteiger partial charge is 0.410 e. The van der Waals surface area contributed by atoms with Gasteiger partial charge in [-0.3, -0.25) is 9.67 Å². The van der Waals surface area contributed by atoms with E-state index >= 15 is 0 Å². The first-order valence-electron chi connectivity index (χ1n) is 11.2. The zero-order valence-electron chi connectivity index (χ0n) is 20.0. The fourth-order valence-electron chi connectivity index (χ4n) is 3.61. The Kier molecular flexibility index (Phi) is 11.6. The number of aromatic nitrogens is 2. The highest BCUT2D eigenvalue weighted by Gasteiger charge is 2.27. The molecule has 178 valence electrons. The number of ether oxygens (including phenoxy) is 1. The molecule has 8 nitrogen and oxygen atoms in total. The van der Waals surface area contributed by atoms with E-state index in [1.165, 1.54) is 5.69 Å². The van der Waals surface area contributed by atoms with Gasteiger partial charge in [0, 0.05) is 45.0 Å². The number of halogens is 1. The number of carbonyl (C=O) groups excluding carboxylic acids is 1. The van der Waals surface area contributed by atoms with Crippen molar-refractivity contribution in [2.75, 3.05) is 32.7 Å². The summed E-state index contributed by atoms with van der Waals surface area (Å²) in [4.78, 5) is 18.9. The Morgan fingerprint density at radius 2 is 2.06 bits per heavy atom. The summed E-state index contributed by atoms with van der Waals surface area (Å²) in [7, 11) is 0. The number of amides is 1. The number of guanidine groups is 1. The van der Waals surface area contributed by atoms with Crippen molar-refractivity contribution in [1.29, 1.82) is 0 Å². The predicted molar refractivity (Wildman–Crippen MR) is 136 cm³/mol. The van der Waals surface area contributed by atoms with Crippen LogP contribution >= 0.6 is 24.0 Å². The zero-order chi connectivity index (χ0) is 22.1. The van der Waals surface area contributed by atoms with Gasteiger partial charge in [-0.25, -0.2) is 4.79 Å². The third-order valence-electron chi connectivity index (χ3n) is 4.97. The maximum Gasteiger partial charge on any atom is 0.410 e. The minimum Gasteiger partial charge on any atom is -0.444 e. The van der Waals surface area contributed by atoms with Gasteiger partial charge in [-0.05, 0) is 72.8 Å². The number of rotatable bonds is 7. The summed E-state index contributed by atoms with van der Waals surface area (Å²) in [6.45, 7) is 16.6.